The van der Waals surface area contributed by atoms with Crippen LogP contribution in [0.2, 0.25) is 0 Å². The zero-order valence-corrected chi connectivity index (χ0v) is 14.0. The standard InChI is InChI=1S/C19H17N3O4/c23-18(14-12-21-17-3-1-2-8-22(17)19(14)24)20-7-6-13-4-5-15-16(11-13)26-10-9-25-15/h1-5,8,11-12H,6-7,9-10H2,(H,20,23). The largest absolute Gasteiger partial charge is 0.486 e. The highest BCUT2D eigenvalue weighted by molar-refractivity contribution is 5.93. The molecule has 0 unspecified atom stereocenters. The molecule has 7 nitrogen and oxygen atoms in total. The molecule has 3 heterocycles. The summed E-state index contributed by atoms with van der Waals surface area (Å²) in [4.78, 5) is 28.9. The number of carbonyl (C=O) groups is 1. The summed E-state index contributed by atoms with van der Waals surface area (Å²) in [6.07, 6.45) is 3.53. The number of fused-ring (bicyclic) bond motifs is 2. The van der Waals surface area contributed by atoms with Gasteiger partial charge in [-0.25, -0.2) is 4.98 Å². The van der Waals surface area contributed by atoms with Crippen LogP contribution in [0.1, 0.15) is 15.9 Å². The van der Waals surface area contributed by atoms with Crippen LogP contribution >= 0.6 is 0 Å². The van der Waals surface area contributed by atoms with E-state index in [0.717, 1.165) is 17.1 Å². The summed E-state index contributed by atoms with van der Waals surface area (Å²) in [6, 6.07) is 10.9. The van der Waals surface area contributed by atoms with E-state index >= 15 is 0 Å². The normalized spacial score (nSPS) is 12.8. The molecule has 2 aromatic heterocycles. The van der Waals surface area contributed by atoms with Crippen molar-refractivity contribution in [2.45, 2.75) is 6.42 Å². The molecule has 0 spiro atoms. The van der Waals surface area contributed by atoms with Crippen LogP contribution in [0, 0.1) is 0 Å². The van der Waals surface area contributed by atoms with Gasteiger partial charge in [0.05, 0.1) is 0 Å². The molecule has 7 heteroatoms. The van der Waals surface area contributed by atoms with Crippen LogP contribution < -0.4 is 20.3 Å². The number of amides is 1. The first-order chi connectivity index (χ1) is 12.7. The zero-order chi connectivity index (χ0) is 17.9. The number of nitrogens with one attached hydrogen (secondary N) is 1. The molecule has 0 saturated carbocycles. The van der Waals surface area contributed by atoms with Gasteiger partial charge in [0, 0.05) is 18.9 Å². The van der Waals surface area contributed by atoms with Crippen molar-refractivity contribution in [1.29, 1.82) is 0 Å². The minimum absolute atomic E-state index is 0.0240. The lowest BCUT2D eigenvalue weighted by atomic mass is 10.1. The predicted octanol–water partition coefficient (Wildman–Crippen LogP) is 1.44. The molecule has 1 amide bonds. The number of rotatable bonds is 4. The van der Waals surface area contributed by atoms with Crippen molar-refractivity contribution in [1.82, 2.24) is 14.7 Å². The predicted molar refractivity (Wildman–Crippen MR) is 94.9 cm³/mol. The van der Waals surface area contributed by atoms with E-state index in [4.69, 9.17) is 9.47 Å². The van der Waals surface area contributed by atoms with Gasteiger partial charge in [0.2, 0.25) is 0 Å². The highest BCUT2D eigenvalue weighted by Crippen LogP contribution is 2.30. The topological polar surface area (TPSA) is 81.9 Å². The van der Waals surface area contributed by atoms with E-state index in [0.29, 0.717) is 31.8 Å². The first kappa shape index (κ1) is 16.1. The van der Waals surface area contributed by atoms with E-state index in [-0.39, 0.29) is 11.1 Å². The lowest BCUT2D eigenvalue weighted by Crippen LogP contribution is -2.32. The van der Waals surface area contributed by atoms with Gasteiger partial charge in [-0.1, -0.05) is 12.1 Å². The number of hydrogen-bond donors (Lipinski definition) is 1. The quantitative estimate of drug-likeness (QED) is 0.769. The Morgan fingerprint density at radius 2 is 2.00 bits per heavy atom. The number of aromatic nitrogens is 2. The second kappa shape index (κ2) is 6.87. The van der Waals surface area contributed by atoms with Crippen LogP contribution in [-0.2, 0) is 6.42 Å². The molecule has 1 aromatic carbocycles. The summed E-state index contributed by atoms with van der Waals surface area (Å²) in [5.41, 5.74) is 1.16. The minimum Gasteiger partial charge on any atom is -0.486 e. The maximum absolute atomic E-state index is 12.4. The molecule has 1 aliphatic rings. The lowest BCUT2D eigenvalue weighted by molar-refractivity contribution is 0.0952. The molecule has 0 fully saturated rings. The Kier molecular flexibility index (Phi) is 4.27. The Bertz CT molecular complexity index is 1030. The van der Waals surface area contributed by atoms with Crippen molar-refractivity contribution in [3.63, 3.8) is 0 Å². The summed E-state index contributed by atoms with van der Waals surface area (Å²) < 4.78 is 12.4. The molecule has 3 aromatic rings. The summed E-state index contributed by atoms with van der Waals surface area (Å²) in [6.45, 7) is 1.49. The molecule has 132 valence electrons. The van der Waals surface area contributed by atoms with Crippen LogP contribution in [0.5, 0.6) is 11.5 Å². The number of pyridine rings is 1. The van der Waals surface area contributed by atoms with Crippen LogP contribution in [-0.4, -0.2) is 35.1 Å². The number of carbonyl (C=O) groups excluding carboxylic acids is 1. The number of hydrogen-bond acceptors (Lipinski definition) is 5. The lowest BCUT2D eigenvalue weighted by Gasteiger charge is -2.18. The zero-order valence-electron chi connectivity index (χ0n) is 14.0. The average Bonchev–Trinajstić information content (AvgIpc) is 2.68. The third-order valence-corrected chi connectivity index (χ3v) is 4.16. The Balaban J connectivity index is 1.43. The van der Waals surface area contributed by atoms with Gasteiger partial charge in [-0.2, -0.15) is 0 Å². The van der Waals surface area contributed by atoms with Gasteiger partial charge < -0.3 is 14.8 Å². The fourth-order valence-electron chi connectivity index (χ4n) is 2.84. The Hall–Kier alpha value is -3.35. The van der Waals surface area contributed by atoms with E-state index in [2.05, 4.69) is 10.3 Å². The van der Waals surface area contributed by atoms with Crippen molar-refractivity contribution in [3.8, 4) is 11.5 Å². The van der Waals surface area contributed by atoms with Gasteiger partial charge in [0.15, 0.2) is 11.5 Å². The molecular weight excluding hydrogens is 334 g/mol. The molecule has 0 radical (unpaired) electrons. The molecule has 4 rings (SSSR count). The van der Waals surface area contributed by atoms with Gasteiger partial charge >= 0.3 is 0 Å². The fourth-order valence-corrected chi connectivity index (χ4v) is 2.84. The molecule has 1 aliphatic heterocycles. The first-order valence-corrected chi connectivity index (χ1v) is 8.35. The van der Waals surface area contributed by atoms with E-state index in [9.17, 15) is 9.59 Å². The van der Waals surface area contributed by atoms with E-state index in [1.807, 2.05) is 18.2 Å². The van der Waals surface area contributed by atoms with E-state index < -0.39 is 5.91 Å². The Morgan fingerprint density at radius 3 is 2.88 bits per heavy atom. The highest BCUT2D eigenvalue weighted by Gasteiger charge is 2.14. The molecule has 0 atom stereocenters. The maximum atomic E-state index is 12.4. The first-order valence-electron chi connectivity index (χ1n) is 8.35. The van der Waals surface area contributed by atoms with Crippen LogP contribution in [0.3, 0.4) is 0 Å². The summed E-state index contributed by atoms with van der Waals surface area (Å²) in [5.74, 6) is 1.02. The summed E-state index contributed by atoms with van der Waals surface area (Å²) in [7, 11) is 0. The van der Waals surface area contributed by atoms with Gasteiger partial charge in [-0.15, -0.1) is 0 Å². The second-order valence-electron chi connectivity index (χ2n) is 5.89. The highest BCUT2D eigenvalue weighted by atomic mass is 16.6. The van der Waals surface area contributed by atoms with Gasteiger partial charge in [-0.3, -0.25) is 14.0 Å². The van der Waals surface area contributed by atoms with E-state index in [1.54, 1.807) is 24.4 Å². The van der Waals surface area contributed by atoms with Crippen LogP contribution in [0.15, 0.2) is 53.6 Å². The van der Waals surface area contributed by atoms with E-state index in [1.165, 1.54) is 10.6 Å². The molecule has 0 aliphatic carbocycles. The fraction of sp³-hybridized carbons (Fsp3) is 0.211. The molecule has 1 N–H and O–H groups in total. The van der Waals surface area contributed by atoms with Gasteiger partial charge in [-0.05, 0) is 36.2 Å². The number of nitrogens with zero attached hydrogens (tertiary/aromatic N) is 2. The van der Waals surface area contributed by atoms with Gasteiger partial charge in [0.1, 0.15) is 24.4 Å². The second-order valence-corrected chi connectivity index (χ2v) is 5.89. The smallest absolute Gasteiger partial charge is 0.270 e. The van der Waals surface area contributed by atoms with Crippen molar-refractivity contribution >= 4 is 11.6 Å². The minimum atomic E-state index is -0.432. The summed E-state index contributed by atoms with van der Waals surface area (Å²) in [5, 5.41) is 2.77. The SMILES string of the molecule is O=C(NCCc1ccc2c(c1)OCCO2)c1cnc2ccccn2c1=O. The summed E-state index contributed by atoms with van der Waals surface area (Å²) >= 11 is 0. The Morgan fingerprint density at radius 1 is 1.15 bits per heavy atom. The van der Waals surface area contributed by atoms with Gasteiger partial charge in [0.25, 0.3) is 11.5 Å². The third kappa shape index (κ3) is 3.11. The van der Waals surface area contributed by atoms with Crippen LogP contribution in [0.4, 0.5) is 0 Å². The van der Waals surface area contributed by atoms with Crippen molar-refractivity contribution in [3.05, 3.63) is 70.3 Å². The van der Waals surface area contributed by atoms with Crippen LogP contribution in [0.25, 0.3) is 5.65 Å². The van der Waals surface area contributed by atoms with Crippen molar-refractivity contribution < 1.29 is 14.3 Å². The third-order valence-electron chi connectivity index (χ3n) is 4.16. The monoisotopic (exact) mass is 351 g/mol. The maximum Gasteiger partial charge on any atom is 0.270 e. The van der Waals surface area contributed by atoms with Crippen molar-refractivity contribution in [2.75, 3.05) is 19.8 Å². The average molecular weight is 351 g/mol. The number of ether oxygens (including phenoxy) is 2. The molecule has 26 heavy (non-hydrogen) atoms. The molecule has 0 saturated heterocycles. The Labute approximate surface area is 149 Å². The van der Waals surface area contributed by atoms with Crippen molar-refractivity contribution in [2.24, 2.45) is 0 Å². The number of benzene rings is 1. The molecular formula is C19H17N3O4. The molecule has 0 bridgehead atoms.